The van der Waals surface area contributed by atoms with Gasteiger partial charge in [0.2, 0.25) is 15.9 Å². The Hall–Kier alpha value is -2.69. The van der Waals surface area contributed by atoms with Gasteiger partial charge in [0.15, 0.2) is 11.5 Å². The quantitative estimate of drug-likeness (QED) is 0.667. The third-order valence-corrected chi connectivity index (χ3v) is 7.30. The molecule has 184 valence electrons. The Morgan fingerprint density at radius 2 is 1.76 bits per heavy atom. The molecule has 1 saturated heterocycles. The zero-order valence-corrected chi connectivity index (χ0v) is 20.0. The van der Waals surface area contributed by atoms with E-state index in [1.165, 1.54) is 24.3 Å². The molecule has 2 aliphatic heterocycles. The molecule has 2 aromatic carbocycles. The van der Waals surface area contributed by atoms with E-state index in [0.717, 1.165) is 5.56 Å². The molecule has 0 saturated carbocycles. The highest BCUT2D eigenvalue weighted by Crippen LogP contribution is 2.32. The molecule has 0 aromatic heterocycles. The molecule has 2 aliphatic rings. The maximum absolute atomic E-state index is 13.4. The molecule has 2 atom stereocenters. The number of ether oxygens (including phenoxy) is 3. The van der Waals surface area contributed by atoms with Crippen LogP contribution in [0.4, 0.5) is 4.39 Å². The Morgan fingerprint density at radius 1 is 1.06 bits per heavy atom. The van der Waals surface area contributed by atoms with Crippen molar-refractivity contribution in [1.29, 1.82) is 0 Å². The van der Waals surface area contributed by atoms with Crippen molar-refractivity contribution in [3.63, 3.8) is 0 Å². The number of halogens is 1. The van der Waals surface area contributed by atoms with Gasteiger partial charge in [-0.25, -0.2) is 12.8 Å². The normalized spacial score (nSPS) is 19.5. The Balaban J connectivity index is 1.50. The molecule has 1 N–H and O–H groups in total. The van der Waals surface area contributed by atoms with E-state index in [2.05, 4.69) is 4.72 Å². The zero-order valence-electron chi connectivity index (χ0n) is 19.2. The lowest BCUT2D eigenvalue weighted by molar-refractivity contribution is -0.141. The zero-order chi connectivity index (χ0) is 24.3. The number of fused-ring (bicyclic) bond motifs is 1. The Labute approximate surface area is 199 Å². The van der Waals surface area contributed by atoms with Crippen LogP contribution in [0.5, 0.6) is 11.5 Å². The van der Waals surface area contributed by atoms with Gasteiger partial charge in [0.25, 0.3) is 0 Å². The fourth-order valence-electron chi connectivity index (χ4n) is 3.94. The van der Waals surface area contributed by atoms with Crippen molar-refractivity contribution < 1.29 is 31.8 Å². The van der Waals surface area contributed by atoms with Crippen LogP contribution in [0.1, 0.15) is 31.9 Å². The topological polar surface area (TPSA) is 94.2 Å². The summed E-state index contributed by atoms with van der Waals surface area (Å²) < 4.78 is 59.2. The molecule has 2 heterocycles. The van der Waals surface area contributed by atoms with Crippen molar-refractivity contribution in [1.82, 2.24) is 9.62 Å². The van der Waals surface area contributed by atoms with Gasteiger partial charge in [-0.1, -0.05) is 26.0 Å². The second-order valence-corrected chi connectivity index (χ2v) is 10.4. The van der Waals surface area contributed by atoms with Gasteiger partial charge in [-0.3, -0.25) is 4.79 Å². The van der Waals surface area contributed by atoms with Crippen molar-refractivity contribution >= 4 is 15.9 Å². The van der Waals surface area contributed by atoms with Gasteiger partial charge >= 0.3 is 0 Å². The summed E-state index contributed by atoms with van der Waals surface area (Å²) in [6.45, 7) is 5.40. The minimum absolute atomic E-state index is 0.00127. The highest BCUT2D eigenvalue weighted by molar-refractivity contribution is 7.89. The minimum atomic E-state index is -4.01. The van der Waals surface area contributed by atoms with E-state index in [9.17, 15) is 17.6 Å². The number of hydrogen-bond donors (Lipinski definition) is 1. The van der Waals surface area contributed by atoms with Crippen LogP contribution in [0.2, 0.25) is 0 Å². The van der Waals surface area contributed by atoms with Crippen molar-refractivity contribution in [3.05, 3.63) is 53.8 Å². The van der Waals surface area contributed by atoms with E-state index in [0.29, 0.717) is 44.3 Å². The van der Waals surface area contributed by atoms with E-state index >= 15 is 0 Å². The SMILES string of the molecule is CC(C)C(NS(=O)(=O)c1ccc2c(c1)OCCCO2)C(=O)N1CCOC(c2ccc(F)cc2)C1. The van der Waals surface area contributed by atoms with E-state index in [1.807, 2.05) is 0 Å². The van der Waals surface area contributed by atoms with Crippen molar-refractivity contribution in [2.75, 3.05) is 32.9 Å². The molecule has 0 radical (unpaired) electrons. The third-order valence-electron chi connectivity index (χ3n) is 5.86. The van der Waals surface area contributed by atoms with Gasteiger partial charge < -0.3 is 19.1 Å². The first kappa shape index (κ1) is 24.4. The number of sulfonamides is 1. The summed E-state index contributed by atoms with van der Waals surface area (Å²) in [5.74, 6) is -0.120. The van der Waals surface area contributed by atoms with Crippen molar-refractivity contribution in [3.8, 4) is 11.5 Å². The Morgan fingerprint density at radius 3 is 2.47 bits per heavy atom. The average Bonchev–Trinajstić information content (AvgIpc) is 3.07. The van der Waals surface area contributed by atoms with Crippen LogP contribution in [0, 0.1) is 11.7 Å². The molecule has 10 heteroatoms. The number of nitrogens with one attached hydrogen (secondary N) is 1. The molecule has 0 aliphatic carbocycles. The van der Waals surface area contributed by atoms with Crippen LogP contribution < -0.4 is 14.2 Å². The summed E-state index contributed by atoms with van der Waals surface area (Å²) in [5.41, 5.74) is 0.757. The predicted molar refractivity (Wildman–Crippen MR) is 123 cm³/mol. The van der Waals surface area contributed by atoms with Crippen LogP contribution in [0.3, 0.4) is 0 Å². The molecule has 4 rings (SSSR count). The van der Waals surface area contributed by atoms with Gasteiger partial charge in [-0.05, 0) is 35.7 Å². The first-order chi connectivity index (χ1) is 16.2. The average molecular weight is 493 g/mol. The molecule has 1 fully saturated rings. The largest absolute Gasteiger partial charge is 0.490 e. The highest BCUT2D eigenvalue weighted by Gasteiger charge is 2.35. The molecule has 0 spiro atoms. The van der Waals surface area contributed by atoms with E-state index in [4.69, 9.17) is 14.2 Å². The maximum atomic E-state index is 13.4. The first-order valence-electron chi connectivity index (χ1n) is 11.3. The molecule has 34 heavy (non-hydrogen) atoms. The predicted octanol–water partition coefficient (Wildman–Crippen LogP) is 2.89. The monoisotopic (exact) mass is 492 g/mol. The third kappa shape index (κ3) is 5.51. The Kier molecular flexibility index (Phi) is 7.39. The lowest BCUT2D eigenvalue weighted by Gasteiger charge is -2.36. The van der Waals surface area contributed by atoms with Gasteiger partial charge in [0, 0.05) is 19.0 Å². The number of hydrogen-bond acceptors (Lipinski definition) is 6. The lowest BCUT2D eigenvalue weighted by Crippen LogP contribution is -2.54. The minimum Gasteiger partial charge on any atom is -0.490 e. The summed E-state index contributed by atoms with van der Waals surface area (Å²) in [6, 6.07) is 9.41. The van der Waals surface area contributed by atoms with E-state index in [1.54, 1.807) is 36.9 Å². The summed E-state index contributed by atoms with van der Waals surface area (Å²) >= 11 is 0. The van der Waals surface area contributed by atoms with Gasteiger partial charge in [-0.15, -0.1) is 0 Å². The maximum Gasteiger partial charge on any atom is 0.241 e. The first-order valence-corrected chi connectivity index (χ1v) is 12.8. The van der Waals surface area contributed by atoms with Crippen LogP contribution in [-0.2, 0) is 19.6 Å². The molecular formula is C24H29FN2O6S. The van der Waals surface area contributed by atoms with Gasteiger partial charge in [-0.2, -0.15) is 4.72 Å². The van der Waals surface area contributed by atoms with Crippen molar-refractivity contribution in [2.24, 2.45) is 5.92 Å². The number of rotatable bonds is 6. The van der Waals surface area contributed by atoms with E-state index < -0.39 is 22.2 Å². The fraction of sp³-hybridized carbons (Fsp3) is 0.458. The molecule has 2 aromatic rings. The number of morpholine rings is 1. The molecule has 2 unspecified atom stereocenters. The second-order valence-electron chi connectivity index (χ2n) is 8.70. The summed E-state index contributed by atoms with van der Waals surface area (Å²) in [5, 5.41) is 0. The smallest absolute Gasteiger partial charge is 0.241 e. The number of amides is 1. The van der Waals surface area contributed by atoms with Crippen LogP contribution in [0.25, 0.3) is 0 Å². The van der Waals surface area contributed by atoms with Crippen molar-refractivity contribution in [2.45, 2.75) is 37.3 Å². The highest BCUT2D eigenvalue weighted by atomic mass is 32.2. The van der Waals surface area contributed by atoms with Crippen LogP contribution in [-0.4, -0.2) is 58.2 Å². The molecule has 1 amide bonds. The standard InChI is InChI=1S/C24H29FN2O6S/c1-16(2)23(24(28)27-10-13-33-22(15-27)17-4-6-18(25)7-5-17)26-34(29,30)19-8-9-20-21(14-19)32-12-3-11-31-20/h4-9,14,16,22-23,26H,3,10-13,15H2,1-2H3. The summed E-state index contributed by atoms with van der Waals surface area (Å²) in [4.78, 5) is 15.0. The number of carbonyl (C=O) groups is 1. The number of carbonyl (C=O) groups excluding carboxylic acids is 1. The van der Waals surface area contributed by atoms with E-state index in [-0.39, 0.29) is 29.1 Å². The van der Waals surface area contributed by atoms with Gasteiger partial charge in [0.1, 0.15) is 18.0 Å². The summed E-state index contributed by atoms with van der Waals surface area (Å²) in [7, 11) is -4.01. The Bertz CT molecular complexity index is 1120. The number of benzene rings is 2. The van der Waals surface area contributed by atoms with Gasteiger partial charge in [0.05, 0.1) is 31.3 Å². The fourth-order valence-corrected chi connectivity index (χ4v) is 5.30. The molecular weight excluding hydrogens is 463 g/mol. The molecule has 0 bridgehead atoms. The summed E-state index contributed by atoms with van der Waals surface area (Å²) in [6.07, 6.45) is 0.293. The van der Waals surface area contributed by atoms with Crippen LogP contribution >= 0.6 is 0 Å². The van der Waals surface area contributed by atoms with Crippen LogP contribution in [0.15, 0.2) is 47.4 Å². The second kappa shape index (κ2) is 10.3. The molecule has 8 nitrogen and oxygen atoms in total. The number of nitrogens with zero attached hydrogens (tertiary/aromatic N) is 1. The lowest BCUT2D eigenvalue weighted by atomic mass is 10.0.